The van der Waals surface area contributed by atoms with Gasteiger partial charge in [-0.15, -0.1) is 12.4 Å². The molecule has 0 spiro atoms. The Labute approximate surface area is 172 Å². The molecule has 3 atom stereocenters. The molecule has 2 aliphatic rings. The van der Waals surface area contributed by atoms with E-state index in [2.05, 4.69) is 20.5 Å². The molecule has 2 fully saturated rings. The van der Waals surface area contributed by atoms with E-state index in [1.807, 2.05) is 13.2 Å². The highest BCUT2D eigenvalue weighted by molar-refractivity contribution is 7.89. The summed E-state index contributed by atoms with van der Waals surface area (Å²) < 4.78 is 34.1. The van der Waals surface area contributed by atoms with Crippen molar-refractivity contribution in [1.82, 2.24) is 25.1 Å². The number of rotatable bonds is 8. The third-order valence-electron chi connectivity index (χ3n) is 5.18. The van der Waals surface area contributed by atoms with Crippen LogP contribution in [-0.2, 0) is 26.6 Å². The van der Waals surface area contributed by atoms with Crippen LogP contribution in [0.5, 0.6) is 0 Å². The molecule has 3 rings (SSSR count). The second kappa shape index (κ2) is 10.5. The molecule has 1 amide bonds. The molecule has 160 valence electrons. The van der Waals surface area contributed by atoms with Crippen LogP contribution >= 0.6 is 12.4 Å². The first-order valence-corrected chi connectivity index (χ1v) is 11.2. The van der Waals surface area contributed by atoms with Crippen molar-refractivity contribution in [3.05, 3.63) is 18.0 Å². The zero-order valence-electron chi connectivity index (χ0n) is 16.1. The molecule has 0 saturated carbocycles. The maximum Gasteiger partial charge on any atom is 0.225 e. The van der Waals surface area contributed by atoms with Crippen molar-refractivity contribution in [3.8, 4) is 0 Å². The van der Waals surface area contributed by atoms with Crippen molar-refractivity contribution < 1.29 is 17.9 Å². The van der Waals surface area contributed by atoms with E-state index < -0.39 is 10.0 Å². The van der Waals surface area contributed by atoms with Gasteiger partial charge >= 0.3 is 0 Å². The second-order valence-electron chi connectivity index (χ2n) is 7.27. The monoisotopic (exact) mass is 435 g/mol. The molecule has 9 nitrogen and oxygen atoms in total. The Morgan fingerprint density at radius 2 is 2.21 bits per heavy atom. The number of nitrogens with zero attached hydrogens (tertiary/aromatic N) is 2. The predicted molar refractivity (Wildman–Crippen MR) is 108 cm³/mol. The second-order valence-corrected chi connectivity index (χ2v) is 9.19. The molecule has 2 saturated heterocycles. The van der Waals surface area contributed by atoms with Crippen LogP contribution in [0.4, 0.5) is 0 Å². The van der Waals surface area contributed by atoms with Crippen molar-refractivity contribution in [3.63, 3.8) is 0 Å². The summed E-state index contributed by atoms with van der Waals surface area (Å²) in [4.78, 5) is 12.5. The minimum atomic E-state index is -3.44. The van der Waals surface area contributed by atoms with Crippen LogP contribution in [-0.4, -0.2) is 68.7 Å². The van der Waals surface area contributed by atoms with E-state index >= 15 is 0 Å². The summed E-state index contributed by atoms with van der Waals surface area (Å²) >= 11 is 0. The molecule has 1 unspecified atom stereocenters. The van der Waals surface area contributed by atoms with Crippen molar-refractivity contribution in [2.45, 2.75) is 31.3 Å². The van der Waals surface area contributed by atoms with Crippen LogP contribution in [0, 0.1) is 5.92 Å². The Kier molecular flexibility index (Phi) is 8.69. The van der Waals surface area contributed by atoms with Gasteiger partial charge in [-0.3, -0.25) is 9.48 Å². The fourth-order valence-corrected chi connectivity index (χ4v) is 4.59. The zero-order valence-corrected chi connectivity index (χ0v) is 17.7. The summed E-state index contributed by atoms with van der Waals surface area (Å²) in [6.07, 6.45) is 6.62. The Morgan fingerprint density at radius 1 is 1.39 bits per heavy atom. The molecule has 11 heteroatoms. The van der Waals surface area contributed by atoms with Gasteiger partial charge in [-0.25, -0.2) is 13.1 Å². The molecule has 1 aromatic rings. The fraction of sp³-hybridized carbons (Fsp3) is 0.765. The number of hydrogen-bond donors (Lipinski definition) is 3. The number of aromatic nitrogens is 2. The minimum absolute atomic E-state index is 0. The Hall–Kier alpha value is -1.20. The van der Waals surface area contributed by atoms with Crippen LogP contribution in [0.25, 0.3) is 0 Å². The molecule has 28 heavy (non-hydrogen) atoms. The van der Waals surface area contributed by atoms with Crippen LogP contribution in [0.3, 0.4) is 0 Å². The largest absolute Gasteiger partial charge is 0.377 e. The van der Waals surface area contributed by atoms with E-state index in [4.69, 9.17) is 4.74 Å². The number of halogens is 1. The van der Waals surface area contributed by atoms with Gasteiger partial charge in [0, 0.05) is 51.9 Å². The van der Waals surface area contributed by atoms with Crippen molar-refractivity contribution in [2.75, 3.05) is 38.5 Å². The third kappa shape index (κ3) is 6.41. The summed E-state index contributed by atoms with van der Waals surface area (Å²) in [6.45, 7) is 2.37. The molecule has 0 radical (unpaired) electrons. The van der Waals surface area contributed by atoms with Gasteiger partial charge in [0.25, 0.3) is 0 Å². The van der Waals surface area contributed by atoms with Crippen LogP contribution in [0.15, 0.2) is 12.4 Å². The highest BCUT2D eigenvalue weighted by atomic mass is 35.5. The summed E-state index contributed by atoms with van der Waals surface area (Å²) in [5.74, 6) is -0.430. The van der Waals surface area contributed by atoms with Gasteiger partial charge in [0.1, 0.15) is 0 Å². The van der Waals surface area contributed by atoms with Crippen LogP contribution in [0.2, 0.25) is 0 Å². The average Bonchev–Trinajstić information content (AvgIpc) is 3.29. The lowest BCUT2D eigenvalue weighted by molar-refractivity contribution is -0.124. The summed E-state index contributed by atoms with van der Waals surface area (Å²) in [7, 11) is -1.59. The number of hydrogen-bond acceptors (Lipinski definition) is 6. The lowest BCUT2D eigenvalue weighted by Gasteiger charge is -2.22. The molecular formula is C17H30ClN5O4S. The Balaban J connectivity index is 0.00000280. The topological polar surface area (TPSA) is 114 Å². The van der Waals surface area contributed by atoms with E-state index in [9.17, 15) is 13.2 Å². The number of carbonyl (C=O) groups is 1. The lowest BCUT2D eigenvalue weighted by atomic mass is 9.90. The number of sulfonamides is 1. The van der Waals surface area contributed by atoms with Crippen molar-refractivity contribution in [1.29, 1.82) is 0 Å². The van der Waals surface area contributed by atoms with Gasteiger partial charge in [-0.2, -0.15) is 5.10 Å². The standard InChI is InChI=1S/C17H29N5O4S.ClH/c1-22-12-13(8-20-22)15-10-18-11-16(15)17(23)19-5-7-27(24,25)21-9-14-4-2-3-6-26-14;/h8,12,14-16,18,21H,2-7,9-11H2,1H3,(H,19,23);1H/t14?,15-,16+;/m1./s1. The van der Waals surface area contributed by atoms with Crippen LogP contribution < -0.4 is 15.4 Å². The number of nitrogens with one attached hydrogen (secondary N) is 3. The Bertz CT molecular complexity index is 736. The lowest BCUT2D eigenvalue weighted by Crippen LogP contribution is -2.41. The fourth-order valence-electron chi connectivity index (χ4n) is 3.64. The Morgan fingerprint density at radius 3 is 2.89 bits per heavy atom. The number of aryl methyl sites for hydroxylation is 1. The van der Waals surface area contributed by atoms with E-state index in [-0.39, 0.29) is 48.6 Å². The number of amides is 1. The normalized spacial score (nSPS) is 25.2. The molecular weight excluding hydrogens is 406 g/mol. The molecule has 2 aliphatic heterocycles. The quantitative estimate of drug-likeness (QED) is 0.518. The molecule has 3 heterocycles. The molecule has 0 bridgehead atoms. The summed E-state index contributed by atoms with van der Waals surface area (Å²) in [5.41, 5.74) is 1.02. The first-order valence-electron chi connectivity index (χ1n) is 9.50. The number of carbonyl (C=O) groups excluding carboxylic acids is 1. The van der Waals surface area contributed by atoms with Crippen molar-refractivity contribution >= 4 is 28.3 Å². The molecule has 0 aliphatic carbocycles. The van der Waals surface area contributed by atoms with Gasteiger partial charge < -0.3 is 15.4 Å². The predicted octanol–water partition coefficient (Wildman–Crippen LogP) is -0.250. The zero-order chi connectivity index (χ0) is 19.3. The highest BCUT2D eigenvalue weighted by Crippen LogP contribution is 2.27. The van der Waals surface area contributed by atoms with Crippen molar-refractivity contribution in [2.24, 2.45) is 13.0 Å². The molecule has 1 aromatic heterocycles. The average molecular weight is 436 g/mol. The van der Waals surface area contributed by atoms with E-state index in [0.29, 0.717) is 26.2 Å². The van der Waals surface area contributed by atoms with E-state index in [1.165, 1.54) is 0 Å². The van der Waals surface area contributed by atoms with Gasteiger partial charge in [0.15, 0.2) is 0 Å². The van der Waals surface area contributed by atoms with Gasteiger partial charge in [0.2, 0.25) is 15.9 Å². The van der Waals surface area contributed by atoms with Gasteiger partial charge in [-0.05, 0) is 24.8 Å². The van der Waals surface area contributed by atoms with Crippen LogP contribution in [0.1, 0.15) is 30.7 Å². The number of ether oxygens (including phenoxy) is 1. The first kappa shape index (κ1) is 23.1. The maximum absolute atomic E-state index is 12.5. The van der Waals surface area contributed by atoms with Gasteiger partial charge in [0.05, 0.1) is 24.0 Å². The van der Waals surface area contributed by atoms with E-state index in [1.54, 1.807) is 10.9 Å². The smallest absolute Gasteiger partial charge is 0.225 e. The SMILES string of the molecule is Cl.Cn1cc([C@H]2CNC[C@@H]2C(=O)NCCS(=O)(=O)NCC2CCCCO2)cn1. The third-order valence-corrected chi connectivity index (χ3v) is 6.53. The van der Waals surface area contributed by atoms with E-state index in [0.717, 1.165) is 24.8 Å². The highest BCUT2D eigenvalue weighted by Gasteiger charge is 2.34. The maximum atomic E-state index is 12.5. The summed E-state index contributed by atoms with van der Waals surface area (Å²) in [5, 5.41) is 10.2. The minimum Gasteiger partial charge on any atom is -0.377 e. The summed E-state index contributed by atoms with van der Waals surface area (Å²) in [6, 6.07) is 0. The van der Waals surface area contributed by atoms with Gasteiger partial charge in [-0.1, -0.05) is 0 Å². The first-order chi connectivity index (χ1) is 12.9. The molecule has 3 N–H and O–H groups in total. The molecule has 0 aromatic carbocycles.